The molecule has 1 aromatic carbocycles. The van der Waals surface area contributed by atoms with Gasteiger partial charge in [0.1, 0.15) is 12.2 Å². The molecule has 29 heavy (non-hydrogen) atoms. The normalized spacial score (nSPS) is 26.0. The van der Waals surface area contributed by atoms with Crippen LogP contribution in [0.25, 0.3) is 0 Å². The van der Waals surface area contributed by atoms with E-state index in [-0.39, 0.29) is 36.3 Å². The van der Waals surface area contributed by atoms with Gasteiger partial charge in [0, 0.05) is 33.8 Å². The number of nitrogens with one attached hydrogen (secondary N) is 1. The summed E-state index contributed by atoms with van der Waals surface area (Å²) in [6, 6.07) is 9.45. The first-order valence-electron chi connectivity index (χ1n) is 9.91. The average Bonchev–Trinajstić information content (AvgIpc) is 3.25. The smallest absolute Gasteiger partial charge is 0.168 e. The van der Waals surface area contributed by atoms with Gasteiger partial charge in [-0.05, 0) is 50.8 Å². The van der Waals surface area contributed by atoms with E-state index < -0.39 is 6.10 Å². The summed E-state index contributed by atoms with van der Waals surface area (Å²) >= 11 is 1.74. The predicted molar refractivity (Wildman–Crippen MR) is 117 cm³/mol. The topological polar surface area (TPSA) is 67.8 Å². The standard InChI is InChI=1S/C22H27NO4S.ClH/c1-13-11-15-20(28-13)10-7-14(21(15)24)12-23-16-8-9-19(22(16)25)27-18-6-4-3-5-17(18)26-2;/h3-6,11,14,16,19,22-23,25H,7-10,12H2,1-2H3;1H/t14?,16-,19-,22-;/m1./s1. The summed E-state index contributed by atoms with van der Waals surface area (Å²) in [7, 11) is 1.61. The Bertz CT molecular complexity index is 855. The van der Waals surface area contributed by atoms with Crippen LogP contribution >= 0.6 is 23.7 Å². The van der Waals surface area contributed by atoms with E-state index in [9.17, 15) is 9.90 Å². The zero-order valence-electron chi connectivity index (χ0n) is 16.7. The lowest BCUT2D eigenvalue weighted by atomic mass is 9.87. The van der Waals surface area contributed by atoms with Crippen molar-refractivity contribution in [1.29, 1.82) is 0 Å². The number of carbonyl (C=O) groups is 1. The number of ether oxygens (including phenoxy) is 2. The summed E-state index contributed by atoms with van der Waals surface area (Å²) in [5.41, 5.74) is 0.907. The van der Waals surface area contributed by atoms with E-state index in [0.717, 1.165) is 31.2 Å². The van der Waals surface area contributed by atoms with Crippen molar-refractivity contribution in [3.63, 3.8) is 0 Å². The number of ketones is 1. The van der Waals surface area contributed by atoms with Crippen LogP contribution in [0.15, 0.2) is 30.3 Å². The molecule has 158 valence electrons. The number of aliphatic hydroxyl groups excluding tert-OH is 1. The number of fused-ring (bicyclic) bond motifs is 1. The molecule has 0 radical (unpaired) electrons. The molecule has 1 fully saturated rings. The maximum atomic E-state index is 12.8. The lowest BCUT2D eigenvalue weighted by Crippen LogP contribution is -2.44. The van der Waals surface area contributed by atoms with Gasteiger partial charge < -0.3 is 19.9 Å². The molecule has 5 nitrogen and oxygen atoms in total. The molecule has 4 atom stereocenters. The van der Waals surface area contributed by atoms with E-state index in [1.165, 1.54) is 9.75 Å². The van der Waals surface area contributed by atoms with Crippen molar-refractivity contribution in [3.8, 4) is 11.5 Å². The first kappa shape index (κ1) is 22.1. The fourth-order valence-corrected chi connectivity index (χ4v) is 5.33. The first-order chi connectivity index (χ1) is 13.6. The monoisotopic (exact) mass is 437 g/mol. The fraction of sp³-hybridized carbons (Fsp3) is 0.500. The molecular formula is C22H28ClNO4S. The molecule has 7 heteroatoms. The molecule has 0 bridgehead atoms. The van der Waals surface area contributed by atoms with Crippen LogP contribution in [-0.4, -0.2) is 42.8 Å². The second kappa shape index (κ2) is 9.47. The van der Waals surface area contributed by atoms with Crippen molar-refractivity contribution in [1.82, 2.24) is 5.32 Å². The van der Waals surface area contributed by atoms with Crippen LogP contribution in [0.1, 0.15) is 39.4 Å². The van der Waals surface area contributed by atoms with Crippen LogP contribution in [0.5, 0.6) is 11.5 Å². The van der Waals surface area contributed by atoms with Crippen molar-refractivity contribution in [2.24, 2.45) is 5.92 Å². The Hall–Kier alpha value is -1.60. The molecule has 1 unspecified atom stereocenters. The fourth-order valence-electron chi connectivity index (χ4n) is 4.28. The number of Topliss-reactive ketones (excluding diaryl/α,β-unsaturated/α-hetero) is 1. The van der Waals surface area contributed by atoms with Crippen molar-refractivity contribution in [3.05, 3.63) is 45.6 Å². The molecule has 1 heterocycles. The van der Waals surface area contributed by atoms with Gasteiger partial charge in [-0.2, -0.15) is 0 Å². The van der Waals surface area contributed by atoms with E-state index in [2.05, 4.69) is 12.2 Å². The predicted octanol–water partition coefficient (Wildman–Crippen LogP) is 3.79. The van der Waals surface area contributed by atoms with E-state index in [4.69, 9.17) is 9.47 Å². The van der Waals surface area contributed by atoms with Crippen LogP contribution in [0.3, 0.4) is 0 Å². The lowest BCUT2D eigenvalue weighted by Gasteiger charge is -2.26. The number of benzene rings is 1. The number of carbonyl (C=O) groups excluding carboxylic acids is 1. The summed E-state index contributed by atoms with van der Waals surface area (Å²) in [6.07, 6.45) is 2.56. The highest BCUT2D eigenvalue weighted by molar-refractivity contribution is 7.12. The number of thiophene rings is 1. The third kappa shape index (κ3) is 4.61. The van der Waals surface area contributed by atoms with Gasteiger partial charge in [-0.25, -0.2) is 0 Å². The molecule has 1 aromatic heterocycles. The van der Waals surface area contributed by atoms with Gasteiger partial charge in [0.05, 0.1) is 7.11 Å². The minimum atomic E-state index is -0.609. The Morgan fingerprint density at radius 3 is 2.72 bits per heavy atom. The van der Waals surface area contributed by atoms with Gasteiger partial charge in [0.15, 0.2) is 17.3 Å². The molecule has 0 spiro atoms. The minimum Gasteiger partial charge on any atom is -0.493 e. The number of para-hydroxylation sites is 2. The van der Waals surface area contributed by atoms with Crippen LogP contribution < -0.4 is 14.8 Å². The van der Waals surface area contributed by atoms with Crippen LogP contribution in [0.2, 0.25) is 0 Å². The second-order valence-electron chi connectivity index (χ2n) is 7.68. The Kier molecular flexibility index (Phi) is 7.22. The van der Waals surface area contributed by atoms with Crippen molar-refractivity contribution in [2.45, 2.75) is 50.9 Å². The van der Waals surface area contributed by atoms with Gasteiger partial charge >= 0.3 is 0 Å². The molecule has 2 aromatic rings. The van der Waals surface area contributed by atoms with E-state index >= 15 is 0 Å². The zero-order chi connectivity index (χ0) is 19.7. The number of aryl methyl sites for hydroxylation is 2. The van der Waals surface area contributed by atoms with Gasteiger partial charge in [0.25, 0.3) is 0 Å². The molecule has 1 saturated carbocycles. The number of hydrogen-bond donors (Lipinski definition) is 2. The summed E-state index contributed by atoms with van der Waals surface area (Å²) in [4.78, 5) is 15.2. The highest BCUT2D eigenvalue weighted by Crippen LogP contribution is 2.33. The summed E-state index contributed by atoms with van der Waals surface area (Å²) in [6.45, 7) is 2.66. The second-order valence-corrected chi connectivity index (χ2v) is 9.02. The van der Waals surface area contributed by atoms with Gasteiger partial charge in [0.2, 0.25) is 0 Å². The minimum absolute atomic E-state index is 0. The quantitative estimate of drug-likeness (QED) is 0.719. The van der Waals surface area contributed by atoms with Crippen LogP contribution in [0, 0.1) is 12.8 Å². The molecule has 4 rings (SSSR count). The summed E-state index contributed by atoms with van der Waals surface area (Å²) < 4.78 is 11.3. The molecule has 2 aliphatic rings. The Morgan fingerprint density at radius 2 is 1.97 bits per heavy atom. The lowest BCUT2D eigenvalue weighted by molar-refractivity contribution is 0.0427. The maximum absolute atomic E-state index is 12.8. The first-order valence-corrected chi connectivity index (χ1v) is 10.7. The van der Waals surface area contributed by atoms with E-state index in [1.54, 1.807) is 18.4 Å². The summed E-state index contributed by atoms with van der Waals surface area (Å²) in [5, 5.41) is 14.2. The highest BCUT2D eigenvalue weighted by atomic mass is 35.5. The molecule has 0 amide bonds. The number of aliphatic hydroxyl groups is 1. The zero-order valence-corrected chi connectivity index (χ0v) is 18.4. The number of methoxy groups -OCH3 is 1. The SMILES string of the molecule is COc1ccccc1O[C@@H]1CC[C@@H](NCC2CCc3sc(C)cc3C2=O)[C@H]1O.Cl. The van der Waals surface area contributed by atoms with E-state index in [0.29, 0.717) is 18.0 Å². The van der Waals surface area contributed by atoms with Gasteiger partial charge in [-0.1, -0.05) is 12.1 Å². The van der Waals surface area contributed by atoms with Gasteiger partial charge in [-0.15, -0.1) is 23.7 Å². The Labute approximate surface area is 181 Å². The molecule has 2 N–H and O–H groups in total. The largest absolute Gasteiger partial charge is 0.493 e. The third-order valence-electron chi connectivity index (χ3n) is 5.82. The van der Waals surface area contributed by atoms with Gasteiger partial charge in [-0.3, -0.25) is 4.79 Å². The number of rotatable bonds is 6. The molecule has 0 saturated heterocycles. The Morgan fingerprint density at radius 1 is 1.21 bits per heavy atom. The molecule has 0 aliphatic heterocycles. The summed E-state index contributed by atoms with van der Waals surface area (Å²) in [5.74, 6) is 1.55. The van der Waals surface area contributed by atoms with Crippen molar-refractivity contribution in [2.75, 3.05) is 13.7 Å². The number of halogens is 1. The molecule has 2 aliphatic carbocycles. The highest BCUT2D eigenvalue weighted by Gasteiger charge is 2.38. The van der Waals surface area contributed by atoms with E-state index in [1.807, 2.05) is 30.3 Å². The maximum Gasteiger partial charge on any atom is 0.168 e. The average molecular weight is 438 g/mol. The Balaban J connectivity index is 0.00000240. The van der Waals surface area contributed by atoms with Crippen LogP contribution in [-0.2, 0) is 6.42 Å². The molecular weight excluding hydrogens is 410 g/mol. The number of hydrogen-bond acceptors (Lipinski definition) is 6. The third-order valence-corrected chi connectivity index (χ3v) is 6.93. The van der Waals surface area contributed by atoms with Crippen molar-refractivity contribution >= 4 is 29.5 Å². The van der Waals surface area contributed by atoms with Crippen molar-refractivity contribution < 1.29 is 19.4 Å². The van der Waals surface area contributed by atoms with Crippen LogP contribution in [0.4, 0.5) is 0 Å².